The molecule has 1 saturated carbocycles. The van der Waals surface area contributed by atoms with Crippen LogP contribution in [0.1, 0.15) is 31.4 Å². The fourth-order valence-electron chi connectivity index (χ4n) is 3.10. The van der Waals surface area contributed by atoms with Gasteiger partial charge in [-0.2, -0.15) is 0 Å². The van der Waals surface area contributed by atoms with E-state index in [1.807, 2.05) is 12.1 Å². The van der Waals surface area contributed by atoms with Gasteiger partial charge in [-0.1, -0.05) is 12.8 Å². The SMILES string of the molecule is O=C1C(=O)N(C2CCCC2)CCN1Cc1ccc(Br)cn1. The summed E-state index contributed by atoms with van der Waals surface area (Å²) in [6.45, 7) is 1.64. The molecule has 1 saturated heterocycles. The molecule has 0 aromatic carbocycles. The highest BCUT2D eigenvalue weighted by Crippen LogP contribution is 2.25. The zero-order chi connectivity index (χ0) is 14.8. The molecular formula is C15H18BrN3O2. The highest BCUT2D eigenvalue weighted by atomic mass is 79.9. The second-order valence-electron chi connectivity index (χ2n) is 5.63. The number of carbonyl (C=O) groups excluding carboxylic acids is 2. The highest BCUT2D eigenvalue weighted by Gasteiger charge is 2.37. The summed E-state index contributed by atoms with van der Waals surface area (Å²) in [5, 5.41) is 0. The number of carbonyl (C=O) groups is 2. The van der Waals surface area contributed by atoms with Crippen molar-refractivity contribution in [2.75, 3.05) is 13.1 Å². The number of halogens is 1. The number of nitrogens with zero attached hydrogens (tertiary/aromatic N) is 3. The number of amides is 2. The van der Waals surface area contributed by atoms with Gasteiger partial charge in [0.1, 0.15) is 0 Å². The van der Waals surface area contributed by atoms with Crippen LogP contribution in [0.5, 0.6) is 0 Å². The molecule has 2 fully saturated rings. The van der Waals surface area contributed by atoms with E-state index < -0.39 is 5.91 Å². The van der Waals surface area contributed by atoms with Crippen molar-refractivity contribution in [3.63, 3.8) is 0 Å². The number of aromatic nitrogens is 1. The molecule has 21 heavy (non-hydrogen) atoms. The van der Waals surface area contributed by atoms with Crippen LogP contribution in [-0.4, -0.2) is 45.7 Å². The van der Waals surface area contributed by atoms with E-state index in [4.69, 9.17) is 0 Å². The first-order valence-electron chi connectivity index (χ1n) is 7.35. The molecular weight excluding hydrogens is 334 g/mol. The van der Waals surface area contributed by atoms with Crippen LogP contribution in [0, 0.1) is 0 Å². The van der Waals surface area contributed by atoms with E-state index in [9.17, 15) is 9.59 Å². The molecule has 0 radical (unpaired) electrons. The molecule has 2 amide bonds. The van der Waals surface area contributed by atoms with E-state index in [1.54, 1.807) is 16.0 Å². The molecule has 0 N–H and O–H groups in total. The maximum Gasteiger partial charge on any atom is 0.312 e. The largest absolute Gasteiger partial charge is 0.330 e. The lowest BCUT2D eigenvalue weighted by atomic mass is 10.1. The van der Waals surface area contributed by atoms with Gasteiger partial charge in [0.25, 0.3) is 0 Å². The summed E-state index contributed by atoms with van der Waals surface area (Å²) in [5.41, 5.74) is 0.800. The summed E-state index contributed by atoms with van der Waals surface area (Å²) in [7, 11) is 0. The maximum atomic E-state index is 12.3. The highest BCUT2D eigenvalue weighted by molar-refractivity contribution is 9.10. The molecule has 0 unspecified atom stereocenters. The quantitative estimate of drug-likeness (QED) is 0.782. The van der Waals surface area contributed by atoms with Crippen molar-refractivity contribution >= 4 is 27.7 Å². The average molecular weight is 352 g/mol. The van der Waals surface area contributed by atoms with Crippen molar-refractivity contribution < 1.29 is 9.59 Å². The van der Waals surface area contributed by atoms with Crippen LogP contribution in [0.2, 0.25) is 0 Å². The minimum atomic E-state index is -0.391. The fourth-order valence-corrected chi connectivity index (χ4v) is 3.33. The Morgan fingerprint density at radius 1 is 1.14 bits per heavy atom. The van der Waals surface area contributed by atoms with Crippen LogP contribution in [-0.2, 0) is 16.1 Å². The second kappa shape index (κ2) is 6.13. The predicted octanol–water partition coefficient (Wildman–Crippen LogP) is 1.96. The van der Waals surface area contributed by atoms with Gasteiger partial charge in [-0.25, -0.2) is 0 Å². The Morgan fingerprint density at radius 2 is 1.90 bits per heavy atom. The van der Waals surface area contributed by atoms with Gasteiger partial charge in [-0.15, -0.1) is 0 Å². The molecule has 0 bridgehead atoms. The van der Waals surface area contributed by atoms with E-state index in [2.05, 4.69) is 20.9 Å². The second-order valence-corrected chi connectivity index (χ2v) is 6.55. The Balaban J connectivity index is 1.65. The average Bonchev–Trinajstić information content (AvgIpc) is 3.00. The van der Waals surface area contributed by atoms with Gasteiger partial charge < -0.3 is 9.80 Å². The number of pyridine rings is 1. The first-order chi connectivity index (χ1) is 10.1. The van der Waals surface area contributed by atoms with Gasteiger partial charge in [0, 0.05) is 29.8 Å². The van der Waals surface area contributed by atoms with Gasteiger partial charge in [0.15, 0.2) is 0 Å². The molecule has 0 atom stereocenters. The van der Waals surface area contributed by atoms with Crippen molar-refractivity contribution in [2.45, 2.75) is 38.3 Å². The minimum absolute atomic E-state index is 0.273. The number of hydrogen-bond acceptors (Lipinski definition) is 3. The van der Waals surface area contributed by atoms with Gasteiger partial charge in [-0.05, 0) is 40.9 Å². The first kappa shape index (κ1) is 14.5. The topological polar surface area (TPSA) is 53.5 Å². The minimum Gasteiger partial charge on any atom is -0.330 e. The van der Waals surface area contributed by atoms with Gasteiger partial charge >= 0.3 is 11.8 Å². The molecule has 2 aliphatic rings. The first-order valence-corrected chi connectivity index (χ1v) is 8.15. The molecule has 1 aliphatic heterocycles. The Bertz CT molecular complexity index is 540. The standard InChI is InChI=1S/C15H18BrN3O2/c16-11-5-6-12(17-9-11)10-18-7-8-19(15(21)14(18)20)13-3-1-2-4-13/h5-6,9,13H,1-4,7-8,10H2. The van der Waals surface area contributed by atoms with Crippen LogP contribution in [0.4, 0.5) is 0 Å². The third-order valence-electron chi connectivity index (χ3n) is 4.25. The van der Waals surface area contributed by atoms with Crippen molar-refractivity contribution in [1.29, 1.82) is 0 Å². The predicted molar refractivity (Wildman–Crippen MR) is 81.3 cm³/mol. The summed E-state index contributed by atoms with van der Waals surface area (Å²) in [4.78, 5) is 32.2. The normalized spacial score (nSPS) is 20.4. The summed E-state index contributed by atoms with van der Waals surface area (Å²) >= 11 is 3.33. The van der Waals surface area contributed by atoms with Crippen molar-refractivity contribution in [3.05, 3.63) is 28.5 Å². The van der Waals surface area contributed by atoms with Crippen LogP contribution < -0.4 is 0 Å². The molecule has 5 nitrogen and oxygen atoms in total. The van der Waals surface area contributed by atoms with Gasteiger partial charge in [-0.3, -0.25) is 14.6 Å². The van der Waals surface area contributed by atoms with Crippen LogP contribution >= 0.6 is 15.9 Å². The summed E-state index contributed by atoms with van der Waals surface area (Å²) in [6, 6.07) is 4.03. The molecule has 2 heterocycles. The Labute approximate surface area is 132 Å². The molecule has 6 heteroatoms. The van der Waals surface area contributed by atoms with E-state index in [-0.39, 0.29) is 11.9 Å². The summed E-state index contributed by atoms with van der Waals surface area (Å²) in [5.74, 6) is -0.733. The smallest absolute Gasteiger partial charge is 0.312 e. The lowest BCUT2D eigenvalue weighted by molar-refractivity contribution is -0.158. The molecule has 1 aromatic heterocycles. The molecule has 3 rings (SSSR count). The van der Waals surface area contributed by atoms with Crippen molar-refractivity contribution in [2.24, 2.45) is 0 Å². The van der Waals surface area contributed by atoms with Gasteiger partial charge in [0.2, 0.25) is 0 Å². The van der Waals surface area contributed by atoms with E-state index in [0.717, 1.165) is 35.8 Å². The maximum absolute atomic E-state index is 12.3. The molecule has 1 aromatic rings. The van der Waals surface area contributed by atoms with E-state index >= 15 is 0 Å². The zero-order valence-corrected chi connectivity index (χ0v) is 13.4. The van der Waals surface area contributed by atoms with Gasteiger partial charge in [0.05, 0.1) is 12.2 Å². The summed E-state index contributed by atoms with van der Waals surface area (Å²) < 4.78 is 0.903. The third kappa shape index (κ3) is 3.10. The summed E-state index contributed by atoms with van der Waals surface area (Å²) in [6.07, 6.45) is 6.10. The molecule has 0 spiro atoms. The van der Waals surface area contributed by atoms with Crippen LogP contribution in [0.3, 0.4) is 0 Å². The molecule has 112 valence electrons. The van der Waals surface area contributed by atoms with Crippen molar-refractivity contribution in [3.8, 4) is 0 Å². The zero-order valence-electron chi connectivity index (χ0n) is 11.8. The van der Waals surface area contributed by atoms with Crippen LogP contribution in [0.15, 0.2) is 22.8 Å². The lowest BCUT2D eigenvalue weighted by Gasteiger charge is -2.37. The third-order valence-corrected chi connectivity index (χ3v) is 4.72. The molecule has 1 aliphatic carbocycles. The van der Waals surface area contributed by atoms with Crippen LogP contribution in [0.25, 0.3) is 0 Å². The number of rotatable bonds is 3. The number of hydrogen-bond donors (Lipinski definition) is 0. The monoisotopic (exact) mass is 351 g/mol. The fraction of sp³-hybridized carbons (Fsp3) is 0.533. The van der Waals surface area contributed by atoms with Crippen molar-refractivity contribution in [1.82, 2.24) is 14.8 Å². The Hall–Kier alpha value is -1.43. The Kier molecular flexibility index (Phi) is 4.24. The van der Waals surface area contributed by atoms with E-state index in [0.29, 0.717) is 19.6 Å². The number of piperazine rings is 1. The Morgan fingerprint density at radius 3 is 2.57 bits per heavy atom. The van der Waals surface area contributed by atoms with E-state index in [1.165, 1.54) is 0 Å². The lowest BCUT2D eigenvalue weighted by Crippen LogP contribution is -2.56.